The van der Waals surface area contributed by atoms with Crippen molar-refractivity contribution in [2.24, 2.45) is 0 Å². The largest absolute Gasteiger partial charge is 0.492 e. The van der Waals surface area contributed by atoms with Crippen molar-refractivity contribution in [1.29, 1.82) is 0 Å². The molecule has 7 nitrogen and oxygen atoms in total. The zero-order chi connectivity index (χ0) is 26.4. The van der Waals surface area contributed by atoms with Crippen molar-refractivity contribution in [3.8, 4) is 5.75 Å². The Balaban J connectivity index is 1.04. The highest BCUT2D eigenvalue weighted by Gasteiger charge is 2.28. The van der Waals surface area contributed by atoms with Crippen LogP contribution in [0, 0.1) is 0 Å². The number of piperazine rings is 1. The third-order valence-corrected chi connectivity index (χ3v) is 8.80. The molecule has 8 heteroatoms. The molecule has 0 bridgehead atoms. The van der Waals surface area contributed by atoms with Crippen LogP contribution in [0.3, 0.4) is 0 Å². The van der Waals surface area contributed by atoms with Gasteiger partial charge in [-0.3, -0.25) is 14.8 Å². The molecular weight excluding hydrogens is 496 g/mol. The van der Waals surface area contributed by atoms with Crippen LogP contribution in [0.4, 0.5) is 0 Å². The van der Waals surface area contributed by atoms with E-state index in [0.29, 0.717) is 37.7 Å². The van der Waals surface area contributed by atoms with Crippen LogP contribution in [0.1, 0.15) is 11.1 Å². The first-order chi connectivity index (χ1) is 18.5. The molecule has 1 aliphatic heterocycles. The van der Waals surface area contributed by atoms with Gasteiger partial charge in [0, 0.05) is 57.4 Å². The van der Waals surface area contributed by atoms with Crippen LogP contribution in [0.25, 0.3) is 10.9 Å². The average molecular weight is 531 g/mol. The number of hydrogen-bond donors (Lipinski definition) is 0. The van der Waals surface area contributed by atoms with Crippen molar-refractivity contribution < 1.29 is 13.2 Å². The SMILES string of the molecule is CN(Cc1ccc(OCCN2CCN(S(=O)(=O)c3ccccc3)CC2)cc1)Cc1ccc2ncccc2c1. The molecule has 198 valence electrons. The second-order valence-electron chi connectivity index (χ2n) is 9.75. The fourth-order valence-corrected chi connectivity index (χ4v) is 6.26. The standard InChI is InChI=1S/C30H34N4O3S/c1-32(24-26-11-14-30-27(22-26)6-5-15-31-30)23-25-9-12-28(13-10-25)37-21-20-33-16-18-34(19-17-33)38(35,36)29-7-3-2-4-8-29/h2-15,22H,16-21,23-24H2,1H3. The lowest BCUT2D eigenvalue weighted by molar-refractivity contribution is 0.159. The smallest absolute Gasteiger partial charge is 0.243 e. The Morgan fingerprint density at radius 1 is 0.842 bits per heavy atom. The molecule has 0 N–H and O–H groups in total. The van der Waals surface area contributed by atoms with E-state index >= 15 is 0 Å². The van der Waals surface area contributed by atoms with Crippen molar-refractivity contribution in [2.45, 2.75) is 18.0 Å². The second kappa shape index (κ2) is 12.0. The first kappa shape index (κ1) is 26.3. The predicted octanol–water partition coefficient (Wildman–Crippen LogP) is 4.25. The first-order valence-electron chi connectivity index (χ1n) is 13.0. The highest BCUT2D eigenvalue weighted by molar-refractivity contribution is 7.89. The van der Waals surface area contributed by atoms with E-state index in [1.165, 1.54) is 16.5 Å². The zero-order valence-electron chi connectivity index (χ0n) is 21.7. The minimum atomic E-state index is -3.42. The molecule has 0 saturated carbocycles. The van der Waals surface area contributed by atoms with Crippen molar-refractivity contribution in [3.63, 3.8) is 0 Å². The Morgan fingerprint density at radius 2 is 1.55 bits per heavy atom. The fourth-order valence-electron chi connectivity index (χ4n) is 4.82. The fraction of sp³-hybridized carbons (Fsp3) is 0.300. The van der Waals surface area contributed by atoms with Gasteiger partial charge in [0.2, 0.25) is 10.0 Å². The van der Waals surface area contributed by atoms with Crippen LogP contribution in [0.5, 0.6) is 5.75 Å². The molecule has 1 aliphatic rings. The van der Waals surface area contributed by atoms with Gasteiger partial charge >= 0.3 is 0 Å². The van der Waals surface area contributed by atoms with E-state index in [4.69, 9.17) is 4.74 Å². The maximum Gasteiger partial charge on any atom is 0.243 e. The van der Waals surface area contributed by atoms with Crippen LogP contribution in [-0.2, 0) is 23.1 Å². The van der Waals surface area contributed by atoms with Gasteiger partial charge in [-0.2, -0.15) is 4.31 Å². The van der Waals surface area contributed by atoms with Crippen molar-refractivity contribution >= 4 is 20.9 Å². The van der Waals surface area contributed by atoms with Crippen molar-refractivity contribution in [1.82, 2.24) is 19.1 Å². The molecule has 1 fully saturated rings. The van der Waals surface area contributed by atoms with Crippen molar-refractivity contribution in [3.05, 3.63) is 102 Å². The Morgan fingerprint density at radius 3 is 2.32 bits per heavy atom. The molecule has 1 saturated heterocycles. The van der Waals surface area contributed by atoms with Crippen LogP contribution in [0.15, 0.2) is 96.0 Å². The van der Waals surface area contributed by atoms with Crippen LogP contribution in [-0.4, -0.2) is 73.9 Å². The summed E-state index contributed by atoms with van der Waals surface area (Å²) < 4.78 is 33.2. The Bertz CT molecular complexity index is 1440. The number of aromatic nitrogens is 1. The molecule has 0 radical (unpaired) electrons. The summed E-state index contributed by atoms with van der Waals surface area (Å²) in [7, 11) is -1.29. The molecule has 38 heavy (non-hydrogen) atoms. The Hall–Kier alpha value is -3.30. The molecule has 0 atom stereocenters. The summed E-state index contributed by atoms with van der Waals surface area (Å²) >= 11 is 0. The average Bonchev–Trinajstić information content (AvgIpc) is 2.95. The van der Waals surface area contributed by atoms with Crippen LogP contribution >= 0.6 is 0 Å². The van der Waals surface area contributed by atoms with E-state index in [0.717, 1.165) is 30.9 Å². The van der Waals surface area contributed by atoms with Gasteiger partial charge in [0.1, 0.15) is 12.4 Å². The van der Waals surface area contributed by atoms with Gasteiger partial charge in [-0.15, -0.1) is 0 Å². The summed E-state index contributed by atoms with van der Waals surface area (Å²) in [5.41, 5.74) is 3.53. The normalized spacial score (nSPS) is 15.2. The number of benzene rings is 3. The second-order valence-corrected chi connectivity index (χ2v) is 11.7. The minimum Gasteiger partial charge on any atom is -0.492 e. The highest BCUT2D eigenvalue weighted by Crippen LogP contribution is 2.19. The maximum absolute atomic E-state index is 12.8. The van der Waals surface area contributed by atoms with E-state index in [-0.39, 0.29) is 0 Å². The van der Waals surface area contributed by atoms with Gasteiger partial charge in [-0.1, -0.05) is 42.5 Å². The van der Waals surface area contributed by atoms with E-state index in [2.05, 4.69) is 58.2 Å². The highest BCUT2D eigenvalue weighted by atomic mass is 32.2. The van der Waals surface area contributed by atoms with E-state index in [1.807, 2.05) is 30.5 Å². The summed E-state index contributed by atoms with van der Waals surface area (Å²) in [4.78, 5) is 9.30. The number of ether oxygens (including phenoxy) is 1. The van der Waals surface area contributed by atoms with Gasteiger partial charge in [-0.05, 0) is 60.6 Å². The summed E-state index contributed by atoms with van der Waals surface area (Å²) in [6.45, 7) is 5.45. The molecule has 2 heterocycles. The molecule has 5 rings (SSSR count). The molecule has 0 amide bonds. The molecule has 4 aromatic rings. The predicted molar refractivity (Wildman–Crippen MR) is 150 cm³/mol. The first-order valence-corrected chi connectivity index (χ1v) is 14.4. The topological polar surface area (TPSA) is 66.0 Å². The van der Waals surface area contributed by atoms with Gasteiger partial charge in [-0.25, -0.2) is 8.42 Å². The lowest BCUT2D eigenvalue weighted by Crippen LogP contribution is -2.49. The summed E-state index contributed by atoms with van der Waals surface area (Å²) in [5, 5.41) is 1.17. The molecule has 0 unspecified atom stereocenters. The van der Waals surface area contributed by atoms with Gasteiger partial charge in [0.15, 0.2) is 0 Å². The quantitative estimate of drug-likeness (QED) is 0.305. The monoisotopic (exact) mass is 530 g/mol. The number of hydrogen-bond acceptors (Lipinski definition) is 6. The summed E-state index contributed by atoms with van der Waals surface area (Å²) in [6, 6.07) is 27.4. The molecule has 0 spiro atoms. The summed E-state index contributed by atoms with van der Waals surface area (Å²) in [6.07, 6.45) is 1.82. The van der Waals surface area contributed by atoms with Gasteiger partial charge < -0.3 is 4.74 Å². The van der Waals surface area contributed by atoms with E-state index in [1.54, 1.807) is 28.6 Å². The third-order valence-electron chi connectivity index (χ3n) is 6.88. The number of fused-ring (bicyclic) bond motifs is 1. The lowest BCUT2D eigenvalue weighted by atomic mass is 10.1. The van der Waals surface area contributed by atoms with E-state index in [9.17, 15) is 8.42 Å². The summed E-state index contributed by atoms with van der Waals surface area (Å²) in [5.74, 6) is 0.851. The third kappa shape index (κ3) is 6.57. The van der Waals surface area contributed by atoms with Crippen LogP contribution < -0.4 is 4.74 Å². The number of rotatable bonds is 10. The van der Waals surface area contributed by atoms with Crippen LogP contribution in [0.2, 0.25) is 0 Å². The zero-order valence-corrected chi connectivity index (χ0v) is 22.6. The Labute approximate surface area is 225 Å². The molecule has 0 aliphatic carbocycles. The van der Waals surface area contributed by atoms with Gasteiger partial charge in [0.25, 0.3) is 0 Å². The van der Waals surface area contributed by atoms with Crippen molar-refractivity contribution in [2.75, 3.05) is 46.4 Å². The minimum absolute atomic E-state index is 0.359. The number of pyridine rings is 1. The van der Waals surface area contributed by atoms with E-state index < -0.39 is 10.0 Å². The lowest BCUT2D eigenvalue weighted by Gasteiger charge is -2.33. The number of sulfonamides is 1. The Kier molecular flexibility index (Phi) is 8.34. The maximum atomic E-state index is 12.8. The van der Waals surface area contributed by atoms with Gasteiger partial charge in [0.05, 0.1) is 10.4 Å². The number of nitrogens with zero attached hydrogens (tertiary/aromatic N) is 4. The molecule has 3 aromatic carbocycles. The molecule has 1 aromatic heterocycles. The molecular formula is C30H34N4O3S.